The minimum atomic E-state index is -0.686. The molecule has 1 atom stereocenters. The smallest absolute Gasteiger partial charge is 0.274 e. The van der Waals surface area contributed by atoms with Gasteiger partial charge in [-0.25, -0.2) is 9.87 Å². The van der Waals surface area contributed by atoms with Gasteiger partial charge in [-0.05, 0) is 49.7 Å². The van der Waals surface area contributed by atoms with Crippen LogP contribution >= 0.6 is 0 Å². The molecular weight excluding hydrogens is 393 g/mol. The zero-order valence-corrected chi connectivity index (χ0v) is 18.7. The summed E-state index contributed by atoms with van der Waals surface area (Å²) < 4.78 is 14.5. The van der Waals surface area contributed by atoms with Crippen LogP contribution in [0.4, 0.5) is 4.39 Å². The molecule has 2 aliphatic carbocycles. The Morgan fingerprint density at radius 3 is 2.39 bits per heavy atom. The van der Waals surface area contributed by atoms with Gasteiger partial charge in [-0.1, -0.05) is 44.6 Å². The lowest BCUT2D eigenvalue weighted by Gasteiger charge is -2.42. The van der Waals surface area contributed by atoms with E-state index < -0.39 is 5.91 Å². The average Bonchev–Trinajstić information content (AvgIpc) is 3.50. The summed E-state index contributed by atoms with van der Waals surface area (Å²) >= 11 is 0. The number of hydrogen-bond acceptors (Lipinski definition) is 4. The molecule has 31 heavy (non-hydrogen) atoms. The molecule has 1 heterocycles. The molecular formula is C25H38FN3O2. The van der Waals surface area contributed by atoms with E-state index in [1.54, 1.807) is 17.6 Å². The highest BCUT2D eigenvalue weighted by atomic mass is 19.1. The van der Waals surface area contributed by atoms with E-state index in [1.807, 2.05) is 0 Å². The summed E-state index contributed by atoms with van der Waals surface area (Å²) in [7, 11) is 0. The SMILES string of the molecule is O=C(NO)c1ccc(CN2CCN(C(CCC3CCCC3)C3CCCC3)CC2)c(F)c1. The largest absolute Gasteiger partial charge is 0.298 e. The van der Waals surface area contributed by atoms with Crippen molar-refractivity contribution in [2.45, 2.75) is 76.8 Å². The van der Waals surface area contributed by atoms with E-state index in [0.29, 0.717) is 12.1 Å². The molecule has 2 saturated carbocycles. The first-order valence-electron chi connectivity index (χ1n) is 12.3. The number of nitrogens with zero attached hydrogens (tertiary/aromatic N) is 2. The summed E-state index contributed by atoms with van der Waals surface area (Å²) in [5.41, 5.74) is 2.30. The first-order chi connectivity index (χ1) is 15.1. The van der Waals surface area contributed by atoms with E-state index in [1.165, 1.54) is 70.3 Å². The van der Waals surface area contributed by atoms with Crippen LogP contribution in [-0.2, 0) is 6.54 Å². The maximum absolute atomic E-state index is 14.5. The summed E-state index contributed by atoms with van der Waals surface area (Å²) in [5, 5.41) is 8.72. The Labute approximate surface area is 185 Å². The maximum Gasteiger partial charge on any atom is 0.274 e. The third-order valence-electron chi connectivity index (χ3n) is 7.98. The van der Waals surface area contributed by atoms with Crippen LogP contribution in [0.5, 0.6) is 0 Å². The van der Waals surface area contributed by atoms with Gasteiger partial charge in [-0.15, -0.1) is 0 Å². The number of piperazine rings is 1. The fraction of sp³-hybridized carbons (Fsp3) is 0.720. The standard InChI is InChI=1S/C25H38FN3O2/c26-23-17-21(25(30)27-31)10-11-22(23)18-28-13-15-29(16-14-28)24(20-7-3-4-8-20)12-9-19-5-1-2-6-19/h10-11,17,19-20,24,31H,1-9,12-16,18H2,(H,27,30). The molecule has 1 aromatic carbocycles. The van der Waals surface area contributed by atoms with Crippen molar-refractivity contribution in [2.75, 3.05) is 26.2 Å². The zero-order valence-electron chi connectivity index (χ0n) is 18.7. The molecule has 3 fully saturated rings. The number of amides is 1. The summed E-state index contributed by atoms with van der Waals surface area (Å²) in [4.78, 5) is 16.5. The van der Waals surface area contributed by atoms with E-state index in [4.69, 9.17) is 5.21 Å². The van der Waals surface area contributed by atoms with Gasteiger partial charge >= 0.3 is 0 Å². The Morgan fingerprint density at radius 1 is 1.06 bits per heavy atom. The van der Waals surface area contributed by atoms with Crippen molar-refractivity contribution in [3.05, 3.63) is 35.1 Å². The third-order valence-corrected chi connectivity index (χ3v) is 7.98. The van der Waals surface area contributed by atoms with Crippen LogP contribution in [0.2, 0.25) is 0 Å². The Kier molecular flexibility index (Phi) is 7.96. The second-order valence-corrected chi connectivity index (χ2v) is 9.90. The van der Waals surface area contributed by atoms with Gasteiger partial charge < -0.3 is 0 Å². The van der Waals surface area contributed by atoms with Gasteiger partial charge in [-0.2, -0.15) is 0 Å². The van der Waals surface area contributed by atoms with Crippen molar-refractivity contribution in [2.24, 2.45) is 11.8 Å². The van der Waals surface area contributed by atoms with E-state index in [2.05, 4.69) is 9.80 Å². The van der Waals surface area contributed by atoms with Crippen molar-refractivity contribution in [3.63, 3.8) is 0 Å². The van der Waals surface area contributed by atoms with Gasteiger partial charge in [0.1, 0.15) is 5.82 Å². The Morgan fingerprint density at radius 2 is 1.74 bits per heavy atom. The molecule has 1 aromatic rings. The predicted molar refractivity (Wildman–Crippen MR) is 119 cm³/mol. The first kappa shape index (κ1) is 22.7. The second-order valence-electron chi connectivity index (χ2n) is 9.90. The minimum absolute atomic E-state index is 0.134. The summed E-state index contributed by atoms with van der Waals surface area (Å²) in [5.74, 6) is 0.762. The van der Waals surface area contributed by atoms with Crippen LogP contribution in [0.15, 0.2) is 18.2 Å². The van der Waals surface area contributed by atoms with Gasteiger partial charge in [0.05, 0.1) is 0 Å². The molecule has 172 valence electrons. The highest BCUT2D eigenvalue weighted by Crippen LogP contribution is 2.36. The van der Waals surface area contributed by atoms with Crippen molar-refractivity contribution in [3.8, 4) is 0 Å². The van der Waals surface area contributed by atoms with Crippen LogP contribution in [0, 0.1) is 17.7 Å². The molecule has 0 radical (unpaired) electrons. The molecule has 1 saturated heterocycles. The van der Waals surface area contributed by atoms with Crippen molar-refractivity contribution in [1.29, 1.82) is 0 Å². The summed E-state index contributed by atoms with van der Waals surface area (Å²) in [6, 6.07) is 5.17. The van der Waals surface area contributed by atoms with Gasteiger partial charge in [0, 0.05) is 49.9 Å². The van der Waals surface area contributed by atoms with Crippen LogP contribution in [0.1, 0.15) is 80.1 Å². The number of halogens is 1. The quantitative estimate of drug-likeness (QED) is 0.467. The number of carbonyl (C=O) groups is 1. The molecule has 3 aliphatic rings. The molecule has 2 N–H and O–H groups in total. The molecule has 1 amide bonds. The molecule has 1 unspecified atom stereocenters. The van der Waals surface area contributed by atoms with Crippen molar-refractivity contribution in [1.82, 2.24) is 15.3 Å². The Balaban J connectivity index is 1.31. The van der Waals surface area contributed by atoms with Crippen molar-refractivity contribution < 1.29 is 14.4 Å². The monoisotopic (exact) mass is 431 g/mol. The van der Waals surface area contributed by atoms with E-state index in [9.17, 15) is 9.18 Å². The molecule has 4 rings (SSSR count). The van der Waals surface area contributed by atoms with E-state index >= 15 is 0 Å². The fourth-order valence-electron chi connectivity index (χ4n) is 6.14. The number of nitrogens with one attached hydrogen (secondary N) is 1. The van der Waals surface area contributed by atoms with Crippen LogP contribution < -0.4 is 5.48 Å². The third kappa shape index (κ3) is 5.85. The average molecular weight is 432 g/mol. The van der Waals surface area contributed by atoms with Crippen LogP contribution in [-0.4, -0.2) is 53.1 Å². The topological polar surface area (TPSA) is 55.8 Å². The normalized spacial score (nSPS) is 22.8. The van der Waals surface area contributed by atoms with E-state index in [0.717, 1.165) is 44.1 Å². The second kappa shape index (κ2) is 10.9. The highest BCUT2D eigenvalue weighted by molar-refractivity contribution is 5.93. The number of hydroxylamine groups is 1. The lowest BCUT2D eigenvalue weighted by molar-refractivity contribution is 0.0589. The Bertz CT molecular complexity index is 723. The molecule has 0 aromatic heterocycles. The number of carbonyl (C=O) groups excluding carboxylic acids is 1. The minimum Gasteiger partial charge on any atom is -0.298 e. The van der Waals surface area contributed by atoms with Crippen LogP contribution in [0.25, 0.3) is 0 Å². The molecule has 0 spiro atoms. The van der Waals surface area contributed by atoms with Gasteiger partial charge in [-0.3, -0.25) is 19.8 Å². The number of hydrogen-bond donors (Lipinski definition) is 2. The molecule has 6 heteroatoms. The molecule has 1 aliphatic heterocycles. The lowest BCUT2D eigenvalue weighted by atomic mass is 9.88. The van der Waals surface area contributed by atoms with Gasteiger partial charge in [0.2, 0.25) is 0 Å². The molecule has 5 nitrogen and oxygen atoms in total. The highest BCUT2D eigenvalue weighted by Gasteiger charge is 2.32. The fourth-order valence-corrected chi connectivity index (χ4v) is 6.14. The van der Waals surface area contributed by atoms with Gasteiger partial charge in [0.25, 0.3) is 5.91 Å². The van der Waals surface area contributed by atoms with E-state index in [-0.39, 0.29) is 11.4 Å². The number of rotatable bonds is 8. The van der Waals surface area contributed by atoms with Crippen molar-refractivity contribution >= 4 is 5.91 Å². The predicted octanol–water partition coefficient (Wildman–Crippen LogP) is 4.59. The maximum atomic E-state index is 14.5. The summed E-state index contributed by atoms with van der Waals surface area (Å²) in [6.07, 6.45) is 14.1. The lowest BCUT2D eigenvalue weighted by Crippen LogP contribution is -2.52. The first-order valence-corrected chi connectivity index (χ1v) is 12.3. The zero-order chi connectivity index (χ0) is 21.6. The Hall–Kier alpha value is -1.50. The van der Waals surface area contributed by atoms with Crippen LogP contribution in [0.3, 0.4) is 0 Å². The summed E-state index contributed by atoms with van der Waals surface area (Å²) in [6.45, 7) is 4.63. The van der Waals surface area contributed by atoms with Gasteiger partial charge in [0.15, 0.2) is 0 Å². The molecule has 0 bridgehead atoms. The number of benzene rings is 1.